The molecule has 1 aliphatic carbocycles. The van der Waals surface area contributed by atoms with Crippen LogP contribution in [0, 0.1) is 5.92 Å². The van der Waals surface area contributed by atoms with E-state index >= 15 is 0 Å². The maximum atomic E-state index is 3.19. The summed E-state index contributed by atoms with van der Waals surface area (Å²) in [5.41, 5.74) is 1.62. The average Bonchev–Trinajstić information content (AvgIpc) is 2.15. The summed E-state index contributed by atoms with van der Waals surface area (Å²) >= 11 is 0. The Kier molecular flexibility index (Phi) is 4.09. The van der Waals surface area contributed by atoms with Gasteiger partial charge in [-0.15, -0.1) is 0 Å². The summed E-state index contributed by atoms with van der Waals surface area (Å²) in [5, 5.41) is 3.19. The predicted molar refractivity (Wildman–Crippen MR) is 54.2 cm³/mol. The molecule has 0 amide bonds. The molecule has 1 heteroatoms. The third-order valence-electron chi connectivity index (χ3n) is 2.51. The molecule has 0 radical (unpaired) electrons. The van der Waals surface area contributed by atoms with Crippen LogP contribution in [0.5, 0.6) is 0 Å². The van der Waals surface area contributed by atoms with Gasteiger partial charge in [0.25, 0.3) is 0 Å². The highest BCUT2D eigenvalue weighted by Gasteiger charge is 2.08. The van der Waals surface area contributed by atoms with Crippen molar-refractivity contribution in [3.63, 3.8) is 0 Å². The third-order valence-corrected chi connectivity index (χ3v) is 2.51. The Bertz CT molecular complexity index is 179. The van der Waals surface area contributed by atoms with Crippen molar-refractivity contribution in [2.75, 3.05) is 13.6 Å². The van der Waals surface area contributed by atoms with Gasteiger partial charge in [0.15, 0.2) is 0 Å². The molecular weight excluding hydrogens is 146 g/mol. The van der Waals surface area contributed by atoms with Gasteiger partial charge in [-0.1, -0.05) is 30.7 Å². The lowest BCUT2D eigenvalue weighted by atomic mass is 9.91. The molecule has 0 heterocycles. The van der Waals surface area contributed by atoms with Crippen LogP contribution in [0.1, 0.15) is 26.2 Å². The Labute approximate surface area is 75.6 Å². The summed E-state index contributed by atoms with van der Waals surface area (Å²) in [6.07, 6.45) is 10.5. The van der Waals surface area contributed by atoms with Crippen LogP contribution in [0.15, 0.2) is 23.8 Å². The van der Waals surface area contributed by atoms with Gasteiger partial charge in [-0.2, -0.15) is 0 Å². The molecule has 1 aliphatic rings. The van der Waals surface area contributed by atoms with Crippen molar-refractivity contribution in [1.29, 1.82) is 0 Å². The van der Waals surface area contributed by atoms with Crippen LogP contribution in [0.4, 0.5) is 0 Å². The summed E-state index contributed by atoms with van der Waals surface area (Å²) in [5.74, 6) is 0.752. The minimum absolute atomic E-state index is 0.752. The van der Waals surface area contributed by atoms with Gasteiger partial charge in [-0.05, 0) is 38.8 Å². The molecule has 0 aromatic heterocycles. The van der Waals surface area contributed by atoms with Crippen molar-refractivity contribution in [1.82, 2.24) is 5.32 Å². The van der Waals surface area contributed by atoms with E-state index in [0.29, 0.717) is 0 Å². The Morgan fingerprint density at radius 3 is 3.00 bits per heavy atom. The molecule has 0 bridgehead atoms. The zero-order chi connectivity index (χ0) is 8.81. The van der Waals surface area contributed by atoms with Gasteiger partial charge in [-0.3, -0.25) is 0 Å². The van der Waals surface area contributed by atoms with E-state index in [4.69, 9.17) is 0 Å². The van der Waals surface area contributed by atoms with Crippen molar-refractivity contribution in [3.05, 3.63) is 23.8 Å². The molecule has 12 heavy (non-hydrogen) atoms. The molecule has 1 rings (SSSR count). The molecule has 1 N–H and O–H groups in total. The Morgan fingerprint density at radius 2 is 2.42 bits per heavy atom. The fourth-order valence-corrected chi connectivity index (χ4v) is 1.58. The van der Waals surface area contributed by atoms with Gasteiger partial charge in [-0.25, -0.2) is 0 Å². The Morgan fingerprint density at radius 1 is 1.58 bits per heavy atom. The van der Waals surface area contributed by atoms with E-state index in [0.717, 1.165) is 12.5 Å². The molecule has 68 valence electrons. The first-order valence-corrected chi connectivity index (χ1v) is 4.84. The van der Waals surface area contributed by atoms with Gasteiger partial charge in [0.2, 0.25) is 0 Å². The van der Waals surface area contributed by atoms with Gasteiger partial charge >= 0.3 is 0 Å². The first kappa shape index (κ1) is 9.53. The van der Waals surface area contributed by atoms with Gasteiger partial charge in [0, 0.05) is 0 Å². The molecular formula is C11H19N. The Hall–Kier alpha value is -0.560. The van der Waals surface area contributed by atoms with E-state index in [1.54, 1.807) is 5.57 Å². The second kappa shape index (κ2) is 5.15. The van der Waals surface area contributed by atoms with E-state index in [9.17, 15) is 0 Å². The monoisotopic (exact) mass is 165 g/mol. The molecule has 0 fully saturated rings. The van der Waals surface area contributed by atoms with Crippen molar-refractivity contribution >= 4 is 0 Å². The van der Waals surface area contributed by atoms with Gasteiger partial charge in [0.05, 0.1) is 0 Å². The number of rotatable bonds is 4. The Balaban J connectivity index is 2.35. The van der Waals surface area contributed by atoms with Gasteiger partial charge in [0.1, 0.15) is 0 Å². The van der Waals surface area contributed by atoms with Crippen LogP contribution in [-0.2, 0) is 0 Å². The van der Waals surface area contributed by atoms with Crippen molar-refractivity contribution in [3.8, 4) is 0 Å². The second-order valence-electron chi connectivity index (χ2n) is 3.50. The minimum atomic E-state index is 0.752. The van der Waals surface area contributed by atoms with Crippen LogP contribution >= 0.6 is 0 Å². The molecule has 0 aliphatic heterocycles. The molecule has 1 unspecified atom stereocenters. The van der Waals surface area contributed by atoms with Crippen molar-refractivity contribution < 1.29 is 0 Å². The highest BCUT2D eigenvalue weighted by atomic mass is 14.8. The van der Waals surface area contributed by atoms with Crippen LogP contribution < -0.4 is 5.32 Å². The normalized spacial score (nSPS) is 19.0. The number of hydrogen-bond donors (Lipinski definition) is 1. The molecule has 0 aromatic rings. The maximum absolute atomic E-state index is 3.19. The summed E-state index contributed by atoms with van der Waals surface area (Å²) < 4.78 is 0. The lowest BCUT2D eigenvalue weighted by Crippen LogP contribution is -2.13. The first-order valence-electron chi connectivity index (χ1n) is 4.84. The molecule has 1 atom stereocenters. The molecule has 0 spiro atoms. The topological polar surface area (TPSA) is 12.0 Å². The van der Waals surface area contributed by atoms with Crippen LogP contribution in [-0.4, -0.2) is 13.6 Å². The predicted octanol–water partition coefficient (Wildman–Crippen LogP) is 2.51. The summed E-state index contributed by atoms with van der Waals surface area (Å²) in [7, 11) is 2.02. The fourth-order valence-electron chi connectivity index (χ4n) is 1.58. The minimum Gasteiger partial charge on any atom is -0.320 e. The largest absolute Gasteiger partial charge is 0.320 e. The van der Waals surface area contributed by atoms with Crippen molar-refractivity contribution in [2.24, 2.45) is 5.92 Å². The van der Waals surface area contributed by atoms with Crippen LogP contribution in [0.3, 0.4) is 0 Å². The van der Waals surface area contributed by atoms with E-state index in [1.807, 2.05) is 7.05 Å². The summed E-state index contributed by atoms with van der Waals surface area (Å²) in [6.45, 7) is 3.45. The van der Waals surface area contributed by atoms with Crippen LogP contribution in [0.25, 0.3) is 0 Å². The van der Waals surface area contributed by atoms with Crippen molar-refractivity contribution in [2.45, 2.75) is 26.2 Å². The quantitative estimate of drug-likeness (QED) is 0.675. The average molecular weight is 165 g/mol. The lowest BCUT2D eigenvalue weighted by molar-refractivity contribution is 0.565. The SMILES string of the molecule is CNCCC(C)C1=CC=CCC1. The molecule has 0 aromatic carbocycles. The molecule has 1 nitrogen and oxygen atoms in total. The van der Waals surface area contributed by atoms with Crippen LogP contribution in [0.2, 0.25) is 0 Å². The molecule has 0 saturated heterocycles. The van der Waals surface area contributed by atoms with E-state index in [1.165, 1.54) is 19.3 Å². The van der Waals surface area contributed by atoms with E-state index in [2.05, 4.69) is 30.5 Å². The zero-order valence-electron chi connectivity index (χ0n) is 8.14. The highest BCUT2D eigenvalue weighted by Crippen LogP contribution is 2.22. The number of hydrogen-bond acceptors (Lipinski definition) is 1. The number of allylic oxidation sites excluding steroid dienone is 4. The first-order chi connectivity index (χ1) is 5.84. The van der Waals surface area contributed by atoms with Gasteiger partial charge < -0.3 is 5.32 Å². The smallest absolute Gasteiger partial charge is 0.00463 e. The van der Waals surface area contributed by atoms with E-state index in [-0.39, 0.29) is 0 Å². The lowest BCUT2D eigenvalue weighted by Gasteiger charge is -2.16. The third kappa shape index (κ3) is 2.82. The standard InChI is InChI=1S/C11H19N/c1-10(8-9-12-2)11-6-4-3-5-7-11/h3-4,6,10,12H,5,7-9H2,1-2H3. The second-order valence-corrected chi connectivity index (χ2v) is 3.50. The summed E-state index contributed by atoms with van der Waals surface area (Å²) in [6, 6.07) is 0. The summed E-state index contributed by atoms with van der Waals surface area (Å²) in [4.78, 5) is 0. The number of nitrogens with one attached hydrogen (secondary N) is 1. The fraction of sp³-hybridized carbons (Fsp3) is 0.636. The maximum Gasteiger partial charge on any atom is -0.00463 e. The molecule has 0 saturated carbocycles. The van der Waals surface area contributed by atoms with E-state index < -0.39 is 0 Å². The highest BCUT2D eigenvalue weighted by molar-refractivity contribution is 5.19. The zero-order valence-corrected chi connectivity index (χ0v) is 8.14.